The third kappa shape index (κ3) is 3.12. The fourth-order valence-electron chi connectivity index (χ4n) is 2.09. The molecule has 1 aliphatic rings. The SMILES string of the molecule is COC(=O)C1=C(Cl)CN(Cc2ccccc2)CC1. The molecule has 1 aromatic carbocycles. The molecule has 0 unspecified atom stereocenters. The van der Waals surface area contributed by atoms with Gasteiger partial charge in [0.2, 0.25) is 0 Å². The van der Waals surface area contributed by atoms with E-state index in [2.05, 4.69) is 17.0 Å². The molecule has 0 spiro atoms. The minimum atomic E-state index is -0.306. The number of benzene rings is 1. The van der Waals surface area contributed by atoms with Crippen LogP contribution < -0.4 is 0 Å². The van der Waals surface area contributed by atoms with Gasteiger partial charge in [0.15, 0.2) is 0 Å². The van der Waals surface area contributed by atoms with Crippen molar-refractivity contribution in [1.82, 2.24) is 4.90 Å². The lowest BCUT2D eigenvalue weighted by Crippen LogP contribution is -2.32. The molecule has 1 heterocycles. The highest BCUT2D eigenvalue weighted by Crippen LogP contribution is 2.23. The molecule has 0 saturated carbocycles. The molecule has 0 fully saturated rings. The molecule has 0 radical (unpaired) electrons. The van der Waals surface area contributed by atoms with Gasteiger partial charge in [0.1, 0.15) is 0 Å². The van der Waals surface area contributed by atoms with Crippen LogP contribution in [0.3, 0.4) is 0 Å². The Labute approximate surface area is 112 Å². The largest absolute Gasteiger partial charge is 0.466 e. The summed E-state index contributed by atoms with van der Waals surface area (Å²) in [5.74, 6) is -0.306. The number of hydrogen-bond donors (Lipinski definition) is 0. The summed E-state index contributed by atoms with van der Waals surface area (Å²) in [5, 5.41) is 0.601. The van der Waals surface area contributed by atoms with E-state index in [9.17, 15) is 4.79 Å². The predicted octanol–water partition coefficient (Wildman–Crippen LogP) is 2.56. The Morgan fingerprint density at radius 2 is 2.11 bits per heavy atom. The minimum absolute atomic E-state index is 0.306. The molecule has 96 valence electrons. The van der Waals surface area contributed by atoms with Gasteiger partial charge in [-0.2, -0.15) is 0 Å². The maximum Gasteiger partial charge on any atom is 0.334 e. The van der Waals surface area contributed by atoms with E-state index in [1.807, 2.05) is 18.2 Å². The topological polar surface area (TPSA) is 29.5 Å². The monoisotopic (exact) mass is 265 g/mol. The van der Waals surface area contributed by atoms with Crippen LogP contribution >= 0.6 is 11.6 Å². The van der Waals surface area contributed by atoms with E-state index in [1.54, 1.807) is 0 Å². The van der Waals surface area contributed by atoms with Gasteiger partial charge in [-0.15, -0.1) is 0 Å². The standard InChI is InChI=1S/C14H16ClNO2/c1-18-14(17)12-7-8-16(10-13(12)15)9-11-5-3-2-4-6-11/h2-6H,7-10H2,1H3. The molecule has 3 nitrogen and oxygen atoms in total. The number of methoxy groups -OCH3 is 1. The lowest BCUT2D eigenvalue weighted by atomic mass is 10.1. The zero-order chi connectivity index (χ0) is 13.0. The average molecular weight is 266 g/mol. The molecule has 0 N–H and O–H groups in total. The molecule has 0 atom stereocenters. The quantitative estimate of drug-likeness (QED) is 0.787. The second kappa shape index (κ2) is 6.03. The van der Waals surface area contributed by atoms with E-state index in [1.165, 1.54) is 12.7 Å². The zero-order valence-corrected chi connectivity index (χ0v) is 11.1. The van der Waals surface area contributed by atoms with Crippen LogP contribution in [0.4, 0.5) is 0 Å². The lowest BCUT2D eigenvalue weighted by molar-refractivity contribution is -0.136. The van der Waals surface area contributed by atoms with Gasteiger partial charge in [-0.25, -0.2) is 4.79 Å². The summed E-state index contributed by atoms with van der Waals surface area (Å²) in [5.41, 5.74) is 1.87. The summed E-state index contributed by atoms with van der Waals surface area (Å²) in [4.78, 5) is 13.7. The van der Waals surface area contributed by atoms with E-state index < -0.39 is 0 Å². The molecule has 4 heteroatoms. The van der Waals surface area contributed by atoms with Gasteiger partial charge < -0.3 is 4.74 Å². The molecule has 0 aromatic heterocycles. The van der Waals surface area contributed by atoms with E-state index in [0.717, 1.165) is 13.1 Å². The molecular formula is C14H16ClNO2. The van der Waals surface area contributed by atoms with Gasteiger partial charge in [-0.3, -0.25) is 4.90 Å². The summed E-state index contributed by atoms with van der Waals surface area (Å²) < 4.78 is 4.71. The second-order valence-corrected chi connectivity index (χ2v) is 4.78. The van der Waals surface area contributed by atoms with Crippen molar-refractivity contribution in [1.29, 1.82) is 0 Å². The summed E-state index contributed by atoms with van der Waals surface area (Å²) in [6.07, 6.45) is 0.651. The van der Waals surface area contributed by atoms with Crippen LogP contribution in [0.5, 0.6) is 0 Å². The van der Waals surface area contributed by atoms with Gasteiger partial charge in [0, 0.05) is 24.7 Å². The van der Waals surface area contributed by atoms with Crippen LogP contribution in [0.1, 0.15) is 12.0 Å². The van der Waals surface area contributed by atoms with Crippen LogP contribution in [0, 0.1) is 0 Å². The molecule has 0 bridgehead atoms. The number of ether oxygens (including phenoxy) is 1. The Morgan fingerprint density at radius 3 is 2.72 bits per heavy atom. The van der Waals surface area contributed by atoms with Crippen LogP contribution in [-0.2, 0) is 16.1 Å². The van der Waals surface area contributed by atoms with Crippen molar-refractivity contribution in [2.24, 2.45) is 0 Å². The van der Waals surface area contributed by atoms with Crippen LogP contribution in [0.15, 0.2) is 40.9 Å². The summed E-state index contributed by atoms with van der Waals surface area (Å²) >= 11 is 6.15. The van der Waals surface area contributed by atoms with Crippen LogP contribution in [0.25, 0.3) is 0 Å². The number of halogens is 1. The van der Waals surface area contributed by atoms with Crippen molar-refractivity contribution in [3.63, 3.8) is 0 Å². The average Bonchev–Trinajstić information content (AvgIpc) is 2.39. The van der Waals surface area contributed by atoms with Crippen molar-refractivity contribution >= 4 is 17.6 Å². The minimum Gasteiger partial charge on any atom is -0.466 e. The van der Waals surface area contributed by atoms with Gasteiger partial charge >= 0.3 is 5.97 Å². The van der Waals surface area contributed by atoms with Gasteiger partial charge in [0.25, 0.3) is 0 Å². The maximum absolute atomic E-state index is 11.5. The molecule has 1 aliphatic heterocycles. The van der Waals surface area contributed by atoms with E-state index in [4.69, 9.17) is 16.3 Å². The smallest absolute Gasteiger partial charge is 0.334 e. The lowest BCUT2D eigenvalue weighted by Gasteiger charge is -2.27. The molecular weight excluding hydrogens is 250 g/mol. The van der Waals surface area contributed by atoms with E-state index in [-0.39, 0.29) is 5.97 Å². The highest BCUT2D eigenvalue weighted by Gasteiger charge is 2.22. The first kappa shape index (κ1) is 13.1. The molecule has 0 saturated heterocycles. The van der Waals surface area contributed by atoms with Crippen LogP contribution in [0.2, 0.25) is 0 Å². The molecule has 1 aromatic rings. The van der Waals surface area contributed by atoms with Crippen molar-refractivity contribution in [2.75, 3.05) is 20.2 Å². The second-order valence-electron chi connectivity index (χ2n) is 4.32. The van der Waals surface area contributed by atoms with Crippen molar-refractivity contribution < 1.29 is 9.53 Å². The summed E-state index contributed by atoms with van der Waals surface area (Å²) in [7, 11) is 1.38. The molecule has 0 aliphatic carbocycles. The Balaban J connectivity index is 2.01. The third-order valence-electron chi connectivity index (χ3n) is 3.05. The Morgan fingerprint density at radius 1 is 1.39 bits per heavy atom. The van der Waals surface area contributed by atoms with Crippen molar-refractivity contribution in [3.05, 3.63) is 46.5 Å². The number of carbonyl (C=O) groups is 1. The van der Waals surface area contributed by atoms with Gasteiger partial charge in [-0.05, 0) is 12.0 Å². The molecule has 2 rings (SSSR count). The normalized spacial score (nSPS) is 16.8. The number of carbonyl (C=O) groups excluding carboxylic acids is 1. The zero-order valence-electron chi connectivity index (χ0n) is 10.4. The Bertz CT molecular complexity index is 456. The number of hydrogen-bond acceptors (Lipinski definition) is 3. The molecule has 18 heavy (non-hydrogen) atoms. The first-order valence-corrected chi connectivity index (χ1v) is 6.30. The fraction of sp³-hybridized carbons (Fsp3) is 0.357. The van der Waals surface area contributed by atoms with Gasteiger partial charge in [0.05, 0.1) is 12.7 Å². The Kier molecular flexibility index (Phi) is 4.39. The van der Waals surface area contributed by atoms with Crippen LogP contribution in [-0.4, -0.2) is 31.1 Å². The van der Waals surface area contributed by atoms with Crippen molar-refractivity contribution in [3.8, 4) is 0 Å². The maximum atomic E-state index is 11.5. The van der Waals surface area contributed by atoms with Crippen molar-refractivity contribution in [2.45, 2.75) is 13.0 Å². The predicted molar refractivity (Wildman–Crippen MR) is 71.2 cm³/mol. The Hall–Kier alpha value is -1.32. The first-order chi connectivity index (χ1) is 8.70. The van der Waals surface area contributed by atoms with E-state index in [0.29, 0.717) is 23.6 Å². The van der Waals surface area contributed by atoms with Gasteiger partial charge in [-0.1, -0.05) is 41.9 Å². The highest BCUT2D eigenvalue weighted by atomic mass is 35.5. The number of nitrogens with zero attached hydrogens (tertiary/aromatic N) is 1. The van der Waals surface area contributed by atoms with E-state index >= 15 is 0 Å². The summed E-state index contributed by atoms with van der Waals surface area (Å²) in [6.45, 7) is 2.29. The third-order valence-corrected chi connectivity index (χ3v) is 3.40. The highest BCUT2D eigenvalue weighted by molar-refractivity contribution is 6.32. The number of rotatable bonds is 3. The summed E-state index contributed by atoms with van der Waals surface area (Å²) in [6, 6.07) is 10.2. The molecule has 0 amide bonds. The fourth-order valence-corrected chi connectivity index (χ4v) is 2.43. The first-order valence-electron chi connectivity index (χ1n) is 5.93. The number of esters is 1.